The number of rotatable bonds is 2. The SMILES string of the molecule is NC(=O)N1CCN(c2ncccn2)CC1c1c[nH]c2ccccc12. The van der Waals surface area contributed by atoms with Crippen LogP contribution in [0.3, 0.4) is 0 Å². The number of anilines is 1. The number of nitrogens with two attached hydrogens (primary N) is 1. The monoisotopic (exact) mass is 322 g/mol. The summed E-state index contributed by atoms with van der Waals surface area (Å²) < 4.78 is 0. The molecule has 3 heterocycles. The molecule has 1 saturated heterocycles. The molecule has 1 unspecified atom stereocenters. The Hall–Kier alpha value is -3.09. The van der Waals surface area contributed by atoms with Gasteiger partial charge in [-0.3, -0.25) is 0 Å². The van der Waals surface area contributed by atoms with E-state index in [0.29, 0.717) is 25.6 Å². The minimum atomic E-state index is -0.404. The number of amides is 2. The fourth-order valence-corrected chi connectivity index (χ4v) is 3.32. The first-order chi connectivity index (χ1) is 11.7. The lowest BCUT2D eigenvalue weighted by Gasteiger charge is -2.40. The van der Waals surface area contributed by atoms with Gasteiger partial charge >= 0.3 is 6.03 Å². The highest BCUT2D eigenvalue weighted by atomic mass is 16.2. The van der Waals surface area contributed by atoms with Gasteiger partial charge in [-0.2, -0.15) is 0 Å². The van der Waals surface area contributed by atoms with E-state index < -0.39 is 6.03 Å². The lowest BCUT2D eigenvalue weighted by atomic mass is 10.0. The maximum absolute atomic E-state index is 11.9. The Morgan fingerprint density at radius 3 is 2.75 bits per heavy atom. The summed E-state index contributed by atoms with van der Waals surface area (Å²) in [7, 11) is 0. The van der Waals surface area contributed by atoms with Crippen molar-refractivity contribution in [2.45, 2.75) is 6.04 Å². The lowest BCUT2D eigenvalue weighted by Crippen LogP contribution is -2.52. The normalized spacial score (nSPS) is 18.1. The molecule has 1 atom stereocenters. The fourth-order valence-electron chi connectivity index (χ4n) is 3.32. The molecule has 0 aliphatic carbocycles. The third-order valence-corrected chi connectivity index (χ3v) is 4.48. The minimum absolute atomic E-state index is 0.142. The van der Waals surface area contributed by atoms with Gasteiger partial charge in [0.15, 0.2) is 0 Å². The number of primary amides is 1. The van der Waals surface area contributed by atoms with E-state index >= 15 is 0 Å². The molecule has 3 N–H and O–H groups in total. The number of urea groups is 1. The number of aromatic amines is 1. The number of piperazine rings is 1. The number of carbonyl (C=O) groups excluding carboxylic acids is 1. The Morgan fingerprint density at radius 2 is 1.96 bits per heavy atom. The van der Waals surface area contributed by atoms with Crippen LogP contribution in [0.4, 0.5) is 10.7 Å². The maximum atomic E-state index is 11.9. The first-order valence-electron chi connectivity index (χ1n) is 7.88. The highest BCUT2D eigenvalue weighted by molar-refractivity contribution is 5.84. The molecule has 2 amide bonds. The largest absolute Gasteiger partial charge is 0.361 e. The minimum Gasteiger partial charge on any atom is -0.361 e. The van der Waals surface area contributed by atoms with E-state index in [2.05, 4.69) is 25.9 Å². The third-order valence-electron chi connectivity index (χ3n) is 4.48. The number of aromatic nitrogens is 3. The second kappa shape index (κ2) is 5.84. The number of fused-ring (bicyclic) bond motifs is 1. The summed E-state index contributed by atoms with van der Waals surface area (Å²) in [6.07, 6.45) is 5.41. The summed E-state index contributed by atoms with van der Waals surface area (Å²) in [6, 6.07) is 9.30. The molecule has 1 aliphatic heterocycles. The standard InChI is InChI=1S/C17H18N6O/c18-16(24)23-9-8-22(17-19-6-3-7-20-17)11-15(23)13-10-21-14-5-2-1-4-12(13)14/h1-7,10,15,21H,8-9,11H2,(H2,18,24). The Bertz CT molecular complexity index is 862. The van der Waals surface area contributed by atoms with Crippen molar-refractivity contribution in [1.29, 1.82) is 0 Å². The summed E-state index contributed by atoms with van der Waals surface area (Å²) in [5, 5.41) is 1.10. The van der Waals surface area contributed by atoms with E-state index in [9.17, 15) is 4.79 Å². The predicted molar refractivity (Wildman–Crippen MR) is 91.6 cm³/mol. The zero-order chi connectivity index (χ0) is 16.5. The molecular weight excluding hydrogens is 304 g/mol. The van der Waals surface area contributed by atoms with Gasteiger partial charge in [0, 0.05) is 54.7 Å². The highest BCUT2D eigenvalue weighted by Crippen LogP contribution is 2.31. The molecule has 0 spiro atoms. The Morgan fingerprint density at radius 1 is 1.17 bits per heavy atom. The molecule has 0 saturated carbocycles. The number of hydrogen-bond acceptors (Lipinski definition) is 4. The molecule has 0 bridgehead atoms. The Balaban J connectivity index is 1.72. The molecule has 1 fully saturated rings. The van der Waals surface area contributed by atoms with E-state index in [1.807, 2.05) is 24.4 Å². The summed E-state index contributed by atoms with van der Waals surface area (Å²) in [4.78, 5) is 27.7. The number of hydrogen-bond donors (Lipinski definition) is 2. The highest BCUT2D eigenvalue weighted by Gasteiger charge is 2.32. The van der Waals surface area contributed by atoms with E-state index in [1.165, 1.54) is 0 Å². The van der Waals surface area contributed by atoms with Crippen molar-refractivity contribution < 1.29 is 4.79 Å². The van der Waals surface area contributed by atoms with Crippen LogP contribution in [0.25, 0.3) is 10.9 Å². The maximum Gasteiger partial charge on any atom is 0.315 e. The molecule has 1 aliphatic rings. The van der Waals surface area contributed by atoms with Crippen LogP contribution in [0.2, 0.25) is 0 Å². The fraction of sp³-hybridized carbons (Fsp3) is 0.235. The number of nitrogens with zero attached hydrogens (tertiary/aromatic N) is 4. The van der Waals surface area contributed by atoms with Crippen LogP contribution in [-0.4, -0.2) is 45.5 Å². The van der Waals surface area contributed by atoms with Gasteiger partial charge in [0.25, 0.3) is 0 Å². The molecule has 122 valence electrons. The molecule has 0 radical (unpaired) electrons. The van der Waals surface area contributed by atoms with Crippen molar-refractivity contribution >= 4 is 22.9 Å². The Labute approximate surface area is 139 Å². The van der Waals surface area contributed by atoms with Crippen LogP contribution in [-0.2, 0) is 0 Å². The van der Waals surface area contributed by atoms with Crippen molar-refractivity contribution in [2.24, 2.45) is 5.73 Å². The Kier molecular flexibility index (Phi) is 3.53. The van der Waals surface area contributed by atoms with Gasteiger partial charge in [0.2, 0.25) is 5.95 Å². The van der Waals surface area contributed by atoms with Gasteiger partial charge in [-0.05, 0) is 12.1 Å². The number of carbonyl (C=O) groups is 1. The van der Waals surface area contributed by atoms with Crippen molar-refractivity contribution in [3.05, 3.63) is 54.5 Å². The first kappa shape index (κ1) is 14.5. The van der Waals surface area contributed by atoms with Crippen molar-refractivity contribution in [2.75, 3.05) is 24.5 Å². The van der Waals surface area contributed by atoms with Crippen LogP contribution < -0.4 is 10.6 Å². The summed E-state index contributed by atoms with van der Waals surface area (Å²) in [6.45, 7) is 1.80. The zero-order valence-electron chi connectivity index (χ0n) is 13.1. The first-order valence-corrected chi connectivity index (χ1v) is 7.88. The average Bonchev–Trinajstić information content (AvgIpc) is 3.06. The molecule has 2 aromatic heterocycles. The molecule has 7 nitrogen and oxygen atoms in total. The smallest absolute Gasteiger partial charge is 0.315 e. The van der Waals surface area contributed by atoms with Gasteiger partial charge in [0.1, 0.15) is 0 Å². The number of para-hydroxylation sites is 1. The molecular formula is C17H18N6O. The van der Waals surface area contributed by atoms with Gasteiger partial charge < -0.3 is 20.5 Å². The van der Waals surface area contributed by atoms with E-state index in [1.54, 1.807) is 23.4 Å². The number of H-pyrrole nitrogens is 1. The molecule has 24 heavy (non-hydrogen) atoms. The molecule has 3 aromatic rings. The van der Waals surface area contributed by atoms with E-state index in [4.69, 9.17) is 5.73 Å². The number of nitrogens with one attached hydrogen (secondary N) is 1. The van der Waals surface area contributed by atoms with Crippen molar-refractivity contribution in [3.8, 4) is 0 Å². The van der Waals surface area contributed by atoms with Gasteiger partial charge in [0.05, 0.1) is 6.04 Å². The summed E-state index contributed by atoms with van der Waals surface area (Å²) >= 11 is 0. The van der Waals surface area contributed by atoms with Gasteiger partial charge in [-0.15, -0.1) is 0 Å². The van der Waals surface area contributed by atoms with Crippen molar-refractivity contribution in [3.63, 3.8) is 0 Å². The van der Waals surface area contributed by atoms with Crippen LogP contribution in [0.1, 0.15) is 11.6 Å². The van der Waals surface area contributed by atoms with Crippen LogP contribution in [0, 0.1) is 0 Å². The average molecular weight is 322 g/mol. The topological polar surface area (TPSA) is 91.1 Å². The van der Waals surface area contributed by atoms with E-state index in [0.717, 1.165) is 16.5 Å². The summed E-state index contributed by atoms with van der Waals surface area (Å²) in [5.41, 5.74) is 7.73. The van der Waals surface area contributed by atoms with Gasteiger partial charge in [-0.1, -0.05) is 18.2 Å². The molecule has 4 rings (SSSR count). The van der Waals surface area contributed by atoms with Crippen LogP contribution >= 0.6 is 0 Å². The molecule has 1 aromatic carbocycles. The number of benzene rings is 1. The second-order valence-corrected chi connectivity index (χ2v) is 5.83. The third kappa shape index (κ3) is 2.44. The lowest BCUT2D eigenvalue weighted by molar-refractivity contribution is 0.175. The van der Waals surface area contributed by atoms with Crippen LogP contribution in [0.15, 0.2) is 48.9 Å². The van der Waals surface area contributed by atoms with E-state index in [-0.39, 0.29) is 6.04 Å². The molecule has 7 heteroatoms. The summed E-state index contributed by atoms with van der Waals surface area (Å²) in [5.74, 6) is 0.673. The second-order valence-electron chi connectivity index (χ2n) is 5.83. The zero-order valence-corrected chi connectivity index (χ0v) is 13.1. The quantitative estimate of drug-likeness (QED) is 0.754. The van der Waals surface area contributed by atoms with Crippen LogP contribution in [0.5, 0.6) is 0 Å². The van der Waals surface area contributed by atoms with Crippen molar-refractivity contribution in [1.82, 2.24) is 19.9 Å². The van der Waals surface area contributed by atoms with Gasteiger partial charge in [-0.25, -0.2) is 14.8 Å². The predicted octanol–water partition coefficient (Wildman–Crippen LogP) is 1.90.